The lowest BCUT2D eigenvalue weighted by Gasteiger charge is -2.16. The summed E-state index contributed by atoms with van der Waals surface area (Å²) in [6.45, 7) is 0. The fourth-order valence-electron chi connectivity index (χ4n) is 3.29. The van der Waals surface area contributed by atoms with Gasteiger partial charge in [0.1, 0.15) is 11.5 Å². The summed E-state index contributed by atoms with van der Waals surface area (Å²) >= 11 is 0. The number of fused-ring (bicyclic) bond motifs is 1. The van der Waals surface area contributed by atoms with Gasteiger partial charge in [-0.15, -0.1) is 12.4 Å². The first-order valence-electron chi connectivity index (χ1n) is 9.04. The van der Waals surface area contributed by atoms with Crippen LogP contribution in [0.4, 0.5) is 5.82 Å². The summed E-state index contributed by atoms with van der Waals surface area (Å²) in [6, 6.07) is 20.3. The maximum Gasteiger partial charge on any atom is 0.230 e. The Hall–Kier alpha value is -2.94. The van der Waals surface area contributed by atoms with Crippen molar-refractivity contribution in [3.63, 3.8) is 0 Å². The first-order chi connectivity index (χ1) is 13.9. The fourth-order valence-corrected chi connectivity index (χ4v) is 3.79. The molecule has 2 aromatic heterocycles. The topological polar surface area (TPSA) is 111 Å². The number of rotatable bonds is 6. The number of para-hydroxylation sites is 1. The van der Waals surface area contributed by atoms with Crippen LogP contribution >= 0.6 is 12.4 Å². The lowest BCUT2D eigenvalue weighted by Crippen LogP contribution is -2.16. The van der Waals surface area contributed by atoms with Crippen LogP contribution in [-0.4, -0.2) is 24.8 Å². The molecule has 156 valence electrons. The fraction of sp³-hybridized carbons (Fsp3) is 0.143. The number of hydrogen-bond donors (Lipinski definition) is 2. The molecule has 30 heavy (non-hydrogen) atoms. The molecule has 0 aliphatic carbocycles. The molecule has 0 unspecified atom stereocenters. The SMILES string of the molecule is CS(=O)(=O)Nc1cccc(C[C@H](N)c2ccccc2-c2noc3ccccc23)n1.Cl. The monoisotopic (exact) mass is 444 g/mol. The molecule has 0 radical (unpaired) electrons. The second-order valence-corrected chi connectivity index (χ2v) is 8.56. The Morgan fingerprint density at radius 2 is 1.77 bits per heavy atom. The molecule has 2 aromatic carbocycles. The van der Waals surface area contributed by atoms with E-state index in [0.717, 1.165) is 28.5 Å². The Labute approximate surface area is 180 Å². The predicted molar refractivity (Wildman–Crippen MR) is 120 cm³/mol. The van der Waals surface area contributed by atoms with Crippen LogP contribution < -0.4 is 10.5 Å². The molecule has 2 heterocycles. The number of hydrogen-bond acceptors (Lipinski definition) is 6. The van der Waals surface area contributed by atoms with Gasteiger partial charge >= 0.3 is 0 Å². The van der Waals surface area contributed by atoms with Gasteiger partial charge < -0.3 is 10.3 Å². The minimum absolute atomic E-state index is 0. The highest BCUT2D eigenvalue weighted by Gasteiger charge is 2.18. The zero-order chi connectivity index (χ0) is 20.4. The van der Waals surface area contributed by atoms with Gasteiger partial charge in [0.05, 0.1) is 6.26 Å². The van der Waals surface area contributed by atoms with Gasteiger partial charge in [0.15, 0.2) is 5.58 Å². The maximum absolute atomic E-state index is 11.4. The van der Waals surface area contributed by atoms with Crippen molar-refractivity contribution in [3.8, 4) is 11.3 Å². The molecule has 0 aliphatic rings. The number of nitrogens with two attached hydrogens (primary N) is 1. The van der Waals surface area contributed by atoms with E-state index < -0.39 is 10.0 Å². The summed E-state index contributed by atoms with van der Waals surface area (Å²) in [6.07, 6.45) is 1.53. The second-order valence-electron chi connectivity index (χ2n) is 6.81. The molecule has 1 atom stereocenters. The van der Waals surface area contributed by atoms with Gasteiger partial charge in [-0.1, -0.05) is 47.6 Å². The number of halogens is 1. The quantitative estimate of drug-likeness (QED) is 0.466. The van der Waals surface area contributed by atoms with E-state index in [-0.39, 0.29) is 24.3 Å². The molecule has 4 rings (SSSR count). The molecule has 9 heteroatoms. The zero-order valence-electron chi connectivity index (χ0n) is 16.1. The lowest BCUT2D eigenvalue weighted by molar-refractivity contribution is 0.459. The van der Waals surface area contributed by atoms with Gasteiger partial charge in [0.25, 0.3) is 0 Å². The van der Waals surface area contributed by atoms with E-state index in [4.69, 9.17) is 10.3 Å². The molecule has 4 aromatic rings. The highest BCUT2D eigenvalue weighted by Crippen LogP contribution is 2.33. The van der Waals surface area contributed by atoms with Gasteiger partial charge in [-0.3, -0.25) is 4.72 Å². The maximum atomic E-state index is 11.4. The van der Waals surface area contributed by atoms with Crippen molar-refractivity contribution >= 4 is 39.2 Å². The molecule has 0 saturated heterocycles. The molecule has 0 fully saturated rings. The Bertz CT molecular complexity index is 1270. The van der Waals surface area contributed by atoms with Crippen LogP contribution in [-0.2, 0) is 16.4 Å². The summed E-state index contributed by atoms with van der Waals surface area (Å²) in [7, 11) is -3.39. The first-order valence-corrected chi connectivity index (χ1v) is 10.9. The third-order valence-corrected chi connectivity index (χ3v) is 5.10. The summed E-state index contributed by atoms with van der Waals surface area (Å²) in [5.74, 6) is 0.271. The Balaban J connectivity index is 0.00000256. The van der Waals surface area contributed by atoms with Crippen molar-refractivity contribution in [3.05, 3.63) is 78.0 Å². The molecule has 0 bridgehead atoms. The third-order valence-electron chi connectivity index (χ3n) is 4.52. The van der Waals surface area contributed by atoms with Gasteiger partial charge in [-0.25, -0.2) is 13.4 Å². The van der Waals surface area contributed by atoms with Crippen molar-refractivity contribution < 1.29 is 12.9 Å². The predicted octanol–water partition coefficient (Wildman–Crippen LogP) is 3.93. The van der Waals surface area contributed by atoms with Gasteiger partial charge in [-0.05, 0) is 29.8 Å². The largest absolute Gasteiger partial charge is 0.356 e. The normalized spacial score (nSPS) is 12.3. The van der Waals surface area contributed by atoms with Crippen molar-refractivity contribution in [2.75, 3.05) is 11.0 Å². The molecule has 0 aliphatic heterocycles. The van der Waals surface area contributed by atoms with Crippen LogP contribution in [0.1, 0.15) is 17.3 Å². The minimum Gasteiger partial charge on any atom is -0.356 e. The van der Waals surface area contributed by atoms with Crippen molar-refractivity contribution in [2.45, 2.75) is 12.5 Å². The number of pyridine rings is 1. The van der Waals surface area contributed by atoms with E-state index in [9.17, 15) is 8.42 Å². The van der Waals surface area contributed by atoms with E-state index in [1.165, 1.54) is 0 Å². The van der Waals surface area contributed by atoms with Gasteiger partial charge in [0, 0.05) is 29.1 Å². The van der Waals surface area contributed by atoms with Crippen molar-refractivity contribution in [1.29, 1.82) is 0 Å². The number of aromatic nitrogens is 2. The number of anilines is 1. The highest BCUT2D eigenvalue weighted by atomic mass is 35.5. The second kappa shape index (κ2) is 8.83. The number of benzene rings is 2. The van der Waals surface area contributed by atoms with Crippen LogP contribution in [0.2, 0.25) is 0 Å². The Morgan fingerprint density at radius 3 is 2.57 bits per heavy atom. The summed E-state index contributed by atoms with van der Waals surface area (Å²) < 4.78 is 30.7. The molecule has 3 N–H and O–H groups in total. The molecule has 7 nitrogen and oxygen atoms in total. The Morgan fingerprint density at radius 1 is 1.03 bits per heavy atom. The van der Waals surface area contributed by atoms with Crippen molar-refractivity contribution in [1.82, 2.24) is 10.1 Å². The third kappa shape index (κ3) is 4.79. The number of nitrogens with zero attached hydrogens (tertiary/aromatic N) is 2. The van der Waals surface area contributed by atoms with E-state index >= 15 is 0 Å². The van der Waals surface area contributed by atoms with E-state index in [0.29, 0.717) is 17.7 Å². The van der Waals surface area contributed by atoms with Crippen molar-refractivity contribution in [2.24, 2.45) is 5.73 Å². The van der Waals surface area contributed by atoms with Crippen LogP contribution in [0.3, 0.4) is 0 Å². The standard InChI is InChI=1S/C21H20N4O3S.ClH/c1-29(26,27)25-20-12-6-7-14(23-20)13-18(22)15-8-2-3-9-16(15)21-17-10-4-5-11-19(17)28-24-21;/h2-12,18H,13,22H2,1H3,(H,23,25);1H/t18-;/m0./s1. The molecular weight excluding hydrogens is 424 g/mol. The molecule has 0 saturated carbocycles. The van der Waals surface area contributed by atoms with Gasteiger partial charge in [-0.2, -0.15) is 0 Å². The minimum atomic E-state index is -3.39. The molecule has 0 amide bonds. The average molecular weight is 445 g/mol. The summed E-state index contributed by atoms with van der Waals surface area (Å²) in [5.41, 5.74) is 10.5. The first kappa shape index (κ1) is 21.8. The zero-order valence-corrected chi connectivity index (χ0v) is 17.8. The smallest absolute Gasteiger partial charge is 0.230 e. The van der Waals surface area contributed by atoms with Gasteiger partial charge in [0.2, 0.25) is 10.0 Å². The van der Waals surface area contributed by atoms with E-state index in [2.05, 4.69) is 14.9 Å². The lowest BCUT2D eigenvalue weighted by atomic mass is 9.94. The summed E-state index contributed by atoms with van der Waals surface area (Å²) in [5, 5.41) is 5.17. The molecular formula is C21H21ClN4O3S. The Kier molecular flexibility index (Phi) is 6.40. The van der Waals surface area contributed by atoms with Crippen LogP contribution in [0.5, 0.6) is 0 Å². The number of nitrogens with one attached hydrogen (secondary N) is 1. The molecule has 0 spiro atoms. The summed E-state index contributed by atoms with van der Waals surface area (Å²) in [4.78, 5) is 4.36. The highest BCUT2D eigenvalue weighted by molar-refractivity contribution is 7.92. The number of sulfonamides is 1. The van der Waals surface area contributed by atoms with Crippen LogP contribution in [0.15, 0.2) is 71.3 Å². The van der Waals surface area contributed by atoms with Crippen LogP contribution in [0.25, 0.3) is 22.2 Å². The van der Waals surface area contributed by atoms with E-state index in [1.54, 1.807) is 12.1 Å². The van der Waals surface area contributed by atoms with E-state index in [1.807, 2.05) is 54.6 Å². The average Bonchev–Trinajstić information content (AvgIpc) is 3.11. The van der Waals surface area contributed by atoms with Crippen LogP contribution in [0, 0.1) is 0 Å².